The van der Waals surface area contributed by atoms with Crippen LogP contribution in [0.3, 0.4) is 0 Å². The monoisotopic (exact) mass is 246 g/mol. The molecule has 3 heteroatoms. The summed E-state index contributed by atoms with van der Waals surface area (Å²) in [5.74, 6) is 0. The molecule has 0 saturated heterocycles. The van der Waals surface area contributed by atoms with Gasteiger partial charge in [-0.15, -0.1) is 0 Å². The minimum atomic E-state index is -0.360. The van der Waals surface area contributed by atoms with Gasteiger partial charge in [0.25, 0.3) is 0 Å². The Hall–Kier alpha value is 0.651. The molecule has 0 fully saturated rings. The van der Waals surface area contributed by atoms with E-state index in [9.17, 15) is 0 Å². The topological polar surface area (TPSA) is 0 Å². The van der Waals surface area contributed by atoms with Crippen molar-refractivity contribution in [2.45, 2.75) is 64.3 Å². The predicted octanol–water partition coefficient (Wildman–Crippen LogP) is 3.38. The SMILES string of the molecule is C[SiH](C)C[SiH](C)CC(C)(C)C[SiH](C)C. The van der Waals surface area contributed by atoms with Crippen molar-refractivity contribution in [1.29, 1.82) is 0 Å². The number of hydrogen-bond acceptors (Lipinski definition) is 0. The van der Waals surface area contributed by atoms with Crippen molar-refractivity contribution in [2.24, 2.45) is 5.41 Å². The predicted molar refractivity (Wildman–Crippen MR) is 79.0 cm³/mol. The Morgan fingerprint density at radius 3 is 1.64 bits per heavy atom. The second-order valence-electron chi connectivity index (χ2n) is 6.70. The molecule has 0 aliphatic carbocycles. The van der Waals surface area contributed by atoms with Crippen LogP contribution in [0.15, 0.2) is 0 Å². The fraction of sp³-hybridized carbons (Fsp3) is 1.00. The van der Waals surface area contributed by atoms with Crippen molar-refractivity contribution in [3.8, 4) is 0 Å². The highest BCUT2D eigenvalue weighted by atomic mass is 28.3. The Kier molecular flexibility index (Phi) is 6.57. The van der Waals surface area contributed by atoms with Gasteiger partial charge in [-0.3, -0.25) is 0 Å². The minimum Gasteiger partial charge on any atom is -0.0724 e. The first-order chi connectivity index (χ1) is 6.23. The van der Waals surface area contributed by atoms with Gasteiger partial charge < -0.3 is 0 Å². The van der Waals surface area contributed by atoms with Crippen LogP contribution in [-0.2, 0) is 0 Å². The van der Waals surface area contributed by atoms with Crippen LogP contribution in [0.5, 0.6) is 0 Å². The van der Waals surface area contributed by atoms with Crippen LogP contribution in [0.2, 0.25) is 50.5 Å². The zero-order chi connectivity index (χ0) is 11.4. The third-order valence-corrected chi connectivity index (χ3v) is 13.4. The lowest BCUT2D eigenvalue weighted by molar-refractivity contribution is 0.460. The normalized spacial score (nSPS) is 15.2. The maximum absolute atomic E-state index is 2.59. The van der Waals surface area contributed by atoms with Gasteiger partial charge in [0.1, 0.15) is 0 Å². The van der Waals surface area contributed by atoms with Crippen molar-refractivity contribution >= 4 is 26.4 Å². The highest BCUT2D eigenvalue weighted by Gasteiger charge is 2.23. The molecule has 0 rings (SSSR count). The molecule has 0 bridgehead atoms. The fourth-order valence-electron chi connectivity index (χ4n) is 3.02. The Balaban J connectivity index is 3.94. The Labute approximate surface area is 96.3 Å². The molecule has 0 aromatic rings. The van der Waals surface area contributed by atoms with Gasteiger partial charge >= 0.3 is 0 Å². The summed E-state index contributed by atoms with van der Waals surface area (Å²) in [6.07, 6.45) is 0. The minimum absolute atomic E-state index is 0.280. The van der Waals surface area contributed by atoms with Gasteiger partial charge in [0.15, 0.2) is 0 Å². The molecule has 0 aliphatic rings. The van der Waals surface area contributed by atoms with E-state index in [0.29, 0.717) is 5.41 Å². The van der Waals surface area contributed by atoms with Crippen LogP contribution < -0.4 is 0 Å². The number of hydrogen-bond donors (Lipinski definition) is 0. The summed E-state index contributed by atoms with van der Waals surface area (Å²) < 4.78 is 0. The lowest BCUT2D eigenvalue weighted by Crippen LogP contribution is -2.26. The molecule has 0 aliphatic heterocycles. The Bertz CT molecular complexity index is 153. The maximum Gasteiger partial charge on any atom is 0.0312 e. The second kappa shape index (κ2) is 6.28. The zero-order valence-electron chi connectivity index (χ0n) is 11.4. The molecule has 1 atom stereocenters. The van der Waals surface area contributed by atoms with E-state index in [1.807, 2.05) is 0 Å². The van der Waals surface area contributed by atoms with Crippen molar-refractivity contribution in [3.63, 3.8) is 0 Å². The summed E-state index contributed by atoms with van der Waals surface area (Å²) in [5.41, 5.74) is 2.35. The van der Waals surface area contributed by atoms with Crippen LogP contribution in [0, 0.1) is 5.41 Å². The van der Waals surface area contributed by atoms with Gasteiger partial charge in [0.2, 0.25) is 0 Å². The van der Waals surface area contributed by atoms with Gasteiger partial charge in [-0.1, -0.05) is 64.3 Å². The molecule has 0 aromatic carbocycles. The first kappa shape index (κ1) is 14.7. The number of rotatable bonds is 6. The van der Waals surface area contributed by atoms with E-state index in [1.165, 1.54) is 0 Å². The van der Waals surface area contributed by atoms with Crippen LogP contribution in [0.25, 0.3) is 0 Å². The quantitative estimate of drug-likeness (QED) is 0.630. The highest BCUT2D eigenvalue weighted by molar-refractivity contribution is 6.75. The van der Waals surface area contributed by atoms with Gasteiger partial charge in [0.05, 0.1) is 0 Å². The van der Waals surface area contributed by atoms with Crippen molar-refractivity contribution in [3.05, 3.63) is 0 Å². The smallest absolute Gasteiger partial charge is 0.0312 e. The van der Waals surface area contributed by atoms with E-state index in [-0.39, 0.29) is 26.4 Å². The average molecular weight is 247 g/mol. The Morgan fingerprint density at radius 2 is 1.29 bits per heavy atom. The lowest BCUT2D eigenvalue weighted by atomic mass is 10.00. The van der Waals surface area contributed by atoms with E-state index >= 15 is 0 Å². The lowest BCUT2D eigenvalue weighted by Gasteiger charge is -2.29. The summed E-state index contributed by atoms with van der Waals surface area (Å²) >= 11 is 0. The van der Waals surface area contributed by atoms with Crippen molar-refractivity contribution in [2.75, 3.05) is 0 Å². The standard InChI is InChI=1S/C11H30Si3/c1-11(2,8-12(3)4)9-14(7)10-13(5)6/h12-14H,8-10H2,1-7H3. The average Bonchev–Trinajstić information content (AvgIpc) is 1.77. The molecule has 0 amide bonds. The fourth-order valence-corrected chi connectivity index (χ4v) is 14.9. The molecule has 0 N–H and O–H groups in total. The first-order valence-corrected chi connectivity index (χ1v) is 15.3. The molecule has 14 heavy (non-hydrogen) atoms. The third-order valence-electron chi connectivity index (χ3n) is 2.74. The zero-order valence-corrected chi connectivity index (χ0v) is 14.8. The Morgan fingerprint density at radius 1 is 0.786 bits per heavy atom. The molecule has 0 saturated carbocycles. The van der Waals surface area contributed by atoms with E-state index in [1.54, 1.807) is 17.8 Å². The molecule has 0 heterocycles. The maximum atomic E-state index is 2.59. The summed E-state index contributed by atoms with van der Waals surface area (Å²) in [4.78, 5) is 0. The third kappa shape index (κ3) is 8.00. The van der Waals surface area contributed by atoms with Gasteiger partial charge in [0, 0.05) is 26.4 Å². The van der Waals surface area contributed by atoms with Crippen LogP contribution in [0.4, 0.5) is 0 Å². The molecule has 1 unspecified atom stereocenters. The molecular formula is C11H30Si3. The van der Waals surface area contributed by atoms with Crippen LogP contribution >= 0.6 is 0 Å². The van der Waals surface area contributed by atoms with E-state index in [4.69, 9.17) is 0 Å². The highest BCUT2D eigenvalue weighted by Crippen LogP contribution is 2.30. The summed E-state index contributed by atoms with van der Waals surface area (Å²) in [5, 5.41) is 0. The van der Waals surface area contributed by atoms with Crippen molar-refractivity contribution in [1.82, 2.24) is 0 Å². The molecule has 0 nitrogen and oxygen atoms in total. The molecule has 86 valence electrons. The summed E-state index contributed by atoms with van der Waals surface area (Å²) in [7, 11) is -0.997. The van der Waals surface area contributed by atoms with E-state index < -0.39 is 0 Å². The van der Waals surface area contributed by atoms with Crippen molar-refractivity contribution < 1.29 is 0 Å². The van der Waals surface area contributed by atoms with E-state index in [2.05, 4.69) is 46.6 Å². The second-order valence-corrected chi connectivity index (χ2v) is 17.2. The summed E-state index contributed by atoms with van der Waals surface area (Å²) in [6.45, 7) is 17.6. The van der Waals surface area contributed by atoms with Crippen LogP contribution in [0.1, 0.15) is 13.8 Å². The van der Waals surface area contributed by atoms with Gasteiger partial charge in [-0.2, -0.15) is 0 Å². The summed E-state index contributed by atoms with van der Waals surface area (Å²) in [6, 6.07) is 3.13. The molecular weight excluding hydrogens is 216 g/mol. The van der Waals surface area contributed by atoms with Crippen LogP contribution in [-0.4, -0.2) is 26.4 Å². The first-order valence-electron chi connectivity index (χ1n) is 6.23. The van der Waals surface area contributed by atoms with Gasteiger partial charge in [-0.05, 0) is 5.41 Å². The van der Waals surface area contributed by atoms with E-state index in [0.717, 1.165) is 0 Å². The molecule has 0 radical (unpaired) electrons. The molecule has 0 aromatic heterocycles. The largest absolute Gasteiger partial charge is 0.0724 e. The van der Waals surface area contributed by atoms with Gasteiger partial charge in [-0.25, -0.2) is 0 Å². The molecule has 0 spiro atoms.